The molecule has 3 aliphatic carbocycles. The minimum atomic E-state index is -0.628. The topological polar surface area (TPSA) is 58.4 Å². The summed E-state index contributed by atoms with van der Waals surface area (Å²) in [4.78, 5) is 14.9. The fraction of sp³-hybridized carbons (Fsp3) is 0.722. The lowest BCUT2D eigenvalue weighted by molar-refractivity contribution is -0.144. The van der Waals surface area contributed by atoms with E-state index in [0.717, 1.165) is 82.1 Å². The van der Waals surface area contributed by atoms with Gasteiger partial charge in [0.2, 0.25) is 0 Å². The lowest BCUT2D eigenvalue weighted by atomic mass is 9.81. The number of likely N-dealkylation sites (tertiary alicyclic amines) is 1. The Hall–Kier alpha value is -1.63. The molecule has 4 fully saturated rings. The van der Waals surface area contributed by atoms with Crippen molar-refractivity contribution in [2.45, 2.75) is 109 Å². The van der Waals surface area contributed by atoms with Crippen molar-refractivity contribution in [3.8, 4) is 0 Å². The van der Waals surface area contributed by atoms with Crippen LogP contribution in [-0.2, 0) is 17.8 Å². The Morgan fingerprint density at radius 3 is 2.34 bits per heavy atom. The number of hydrogen-bond acceptors (Lipinski definition) is 3. The van der Waals surface area contributed by atoms with Crippen LogP contribution in [0.15, 0.2) is 30.3 Å². The van der Waals surface area contributed by atoms with Gasteiger partial charge >= 0.3 is 5.97 Å². The molecule has 1 aliphatic heterocycles. The van der Waals surface area contributed by atoms with Gasteiger partial charge in [0.15, 0.2) is 0 Å². The fourth-order valence-corrected chi connectivity index (χ4v) is 8.79. The van der Waals surface area contributed by atoms with Crippen LogP contribution in [-0.4, -0.2) is 45.4 Å². The summed E-state index contributed by atoms with van der Waals surface area (Å²) in [5.41, 5.74) is 3.78. The van der Waals surface area contributed by atoms with Gasteiger partial charge in [0.1, 0.15) is 5.82 Å². The summed E-state index contributed by atoms with van der Waals surface area (Å²) < 4.78 is 16.5. The van der Waals surface area contributed by atoms with E-state index in [0.29, 0.717) is 17.8 Å². The van der Waals surface area contributed by atoms with Crippen molar-refractivity contribution in [2.75, 3.05) is 19.6 Å². The van der Waals surface area contributed by atoms with E-state index >= 15 is 0 Å². The molecule has 8 heteroatoms. The van der Waals surface area contributed by atoms with Crippen molar-refractivity contribution in [1.82, 2.24) is 14.7 Å². The molecular formula is C36H54Cl2FN3O2. The van der Waals surface area contributed by atoms with Crippen LogP contribution in [0.2, 0.25) is 0 Å². The number of aryl methyl sites for hydroxylation is 1. The van der Waals surface area contributed by atoms with Crippen LogP contribution in [0.1, 0.15) is 113 Å². The number of hydrogen-bond donors (Lipinski definition) is 1. The highest BCUT2D eigenvalue weighted by Crippen LogP contribution is 2.50. The molecule has 4 aliphatic rings. The summed E-state index contributed by atoms with van der Waals surface area (Å²) in [6.45, 7) is 8.66. The van der Waals surface area contributed by atoms with Gasteiger partial charge in [0, 0.05) is 24.7 Å². The van der Waals surface area contributed by atoms with Gasteiger partial charge < -0.3 is 10.0 Å². The van der Waals surface area contributed by atoms with Gasteiger partial charge in [-0.3, -0.25) is 9.48 Å². The third-order valence-electron chi connectivity index (χ3n) is 11.5. The predicted molar refractivity (Wildman–Crippen MR) is 179 cm³/mol. The molecule has 2 aromatic rings. The Kier molecular flexibility index (Phi) is 12.6. The van der Waals surface area contributed by atoms with Crippen molar-refractivity contribution in [3.05, 3.63) is 53.1 Å². The SMILES string of the molecule is CCn1nc(CC2CCC(C)CC2)cc1C1CCN(CC2CC([C@H](CC3CC3)C(=O)O)CC2c2cccc(F)c2)CC1.Cl.Cl. The molecule has 2 heterocycles. The Balaban J connectivity index is 0.00000221. The maximum Gasteiger partial charge on any atom is 0.306 e. The molecule has 1 aromatic carbocycles. The minimum Gasteiger partial charge on any atom is -0.481 e. The van der Waals surface area contributed by atoms with Crippen LogP contribution in [0.4, 0.5) is 4.39 Å². The van der Waals surface area contributed by atoms with Gasteiger partial charge in [0.25, 0.3) is 0 Å². The van der Waals surface area contributed by atoms with Crippen LogP contribution in [0.25, 0.3) is 0 Å². The van der Waals surface area contributed by atoms with Gasteiger partial charge in [-0.15, -0.1) is 24.8 Å². The summed E-state index contributed by atoms with van der Waals surface area (Å²) in [6, 6.07) is 9.52. The highest BCUT2D eigenvalue weighted by Gasteiger charge is 2.43. The minimum absolute atomic E-state index is 0. The number of carbonyl (C=O) groups is 1. The van der Waals surface area contributed by atoms with E-state index in [9.17, 15) is 14.3 Å². The number of aromatic nitrogens is 2. The molecule has 3 saturated carbocycles. The van der Waals surface area contributed by atoms with E-state index in [1.165, 1.54) is 56.0 Å². The van der Waals surface area contributed by atoms with Gasteiger partial charge in [-0.2, -0.15) is 5.10 Å². The predicted octanol–water partition coefficient (Wildman–Crippen LogP) is 8.74. The fourth-order valence-electron chi connectivity index (χ4n) is 8.79. The first-order valence-corrected chi connectivity index (χ1v) is 17.1. The molecule has 1 saturated heterocycles. The van der Waals surface area contributed by atoms with Crippen LogP contribution in [0.3, 0.4) is 0 Å². The molecule has 6 rings (SSSR count). The summed E-state index contributed by atoms with van der Waals surface area (Å²) >= 11 is 0. The number of halogens is 3. The van der Waals surface area contributed by atoms with Gasteiger partial charge in [-0.25, -0.2) is 4.39 Å². The zero-order valence-corrected chi connectivity index (χ0v) is 28.3. The van der Waals surface area contributed by atoms with E-state index in [1.807, 2.05) is 6.07 Å². The van der Waals surface area contributed by atoms with E-state index in [-0.39, 0.29) is 48.4 Å². The smallest absolute Gasteiger partial charge is 0.306 e. The lowest BCUT2D eigenvalue weighted by Gasteiger charge is -2.35. The summed E-state index contributed by atoms with van der Waals surface area (Å²) in [5.74, 6) is 2.55. The van der Waals surface area contributed by atoms with Gasteiger partial charge in [0.05, 0.1) is 11.6 Å². The number of aliphatic carboxylic acids is 1. The molecule has 3 unspecified atom stereocenters. The number of nitrogens with zero attached hydrogens (tertiary/aromatic N) is 3. The zero-order chi connectivity index (χ0) is 29.2. The Labute approximate surface area is 276 Å². The molecule has 0 bridgehead atoms. The molecular weight excluding hydrogens is 596 g/mol. The molecule has 4 atom stereocenters. The Bertz CT molecular complexity index is 1200. The van der Waals surface area contributed by atoms with Gasteiger partial charge in [-0.1, -0.05) is 44.7 Å². The first-order valence-electron chi connectivity index (χ1n) is 17.1. The molecule has 1 aromatic heterocycles. The highest BCUT2D eigenvalue weighted by atomic mass is 35.5. The van der Waals surface area contributed by atoms with Crippen LogP contribution in [0.5, 0.6) is 0 Å². The summed E-state index contributed by atoms with van der Waals surface area (Å²) in [6.07, 6.45) is 13.8. The summed E-state index contributed by atoms with van der Waals surface area (Å²) in [7, 11) is 0. The quantitative estimate of drug-likeness (QED) is 0.264. The van der Waals surface area contributed by atoms with Crippen LogP contribution in [0, 0.1) is 41.3 Å². The van der Waals surface area contributed by atoms with E-state index in [4.69, 9.17) is 5.10 Å². The maximum absolute atomic E-state index is 14.3. The number of carboxylic acid groups (broad SMARTS) is 1. The molecule has 0 amide bonds. The van der Waals surface area contributed by atoms with E-state index in [2.05, 4.69) is 35.6 Å². The average molecular weight is 651 g/mol. The van der Waals surface area contributed by atoms with Crippen LogP contribution >= 0.6 is 24.8 Å². The normalized spacial score (nSPS) is 28.7. The molecule has 5 nitrogen and oxygen atoms in total. The third-order valence-corrected chi connectivity index (χ3v) is 11.5. The third kappa shape index (κ3) is 8.59. The van der Waals surface area contributed by atoms with E-state index in [1.54, 1.807) is 6.07 Å². The largest absolute Gasteiger partial charge is 0.481 e. The van der Waals surface area contributed by atoms with Crippen molar-refractivity contribution in [2.24, 2.45) is 35.5 Å². The Morgan fingerprint density at radius 2 is 1.70 bits per heavy atom. The second kappa shape index (κ2) is 15.8. The molecule has 246 valence electrons. The number of carboxylic acids is 1. The Morgan fingerprint density at radius 1 is 1.00 bits per heavy atom. The second-order valence-corrected chi connectivity index (χ2v) is 14.6. The first kappa shape index (κ1) is 35.2. The first-order chi connectivity index (χ1) is 20.4. The molecule has 0 radical (unpaired) electrons. The van der Waals surface area contributed by atoms with E-state index < -0.39 is 5.97 Å². The van der Waals surface area contributed by atoms with Crippen molar-refractivity contribution in [1.29, 1.82) is 0 Å². The second-order valence-electron chi connectivity index (χ2n) is 14.6. The molecule has 44 heavy (non-hydrogen) atoms. The lowest BCUT2D eigenvalue weighted by Crippen LogP contribution is -2.37. The number of piperidine rings is 1. The summed E-state index contributed by atoms with van der Waals surface area (Å²) in [5, 5.41) is 15.2. The van der Waals surface area contributed by atoms with Gasteiger partial charge in [-0.05, 0) is 131 Å². The monoisotopic (exact) mass is 649 g/mol. The average Bonchev–Trinajstić information content (AvgIpc) is 3.58. The number of rotatable bonds is 11. The highest BCUT2D eigenvalue weighted by molar-refractivity contribution is 5.85. The molecule has 0 spiro atoms. The zero-order valence-electron chi connectivity index (χ0n) is 26.7. The standard InChI is InChI=1S/C36H52FN3O2.2ClH/c1-3-40-35(22-32(38-40)17-25-9-7-24(2)8-10-25)27-13-15-39(16-14-27)23-30-19-29(34(36(41)42)18-26-11-12-26)21-33(30)28-5-4-6-31(37)20-28;;/h4-6,20,22,24-27,29-30,33-34H,3,7-19,21,23H2,1-2H3,(H,41,42);2*1H/t24?,25?,29?,30?,33?,34-;;/m0../s1. The van der Waals surface area contributed by atoms with Crippen molar-refractivity contribution in [3.63, 3.8) is 0 Å². The van der Waals surface area contributed by atoms with Crippen molar-refractivity contribution < 1.29 is 14.3 Å². The molecule has 1 N–H and O–H groups in total. The maximum atomic E-state index is 14.3. The number of benzene rings is 1. The van der Waals surface area contributed by atoms with Crippen molar-refractivity contribution >= 4 is 30.8 Å². The van der Waals surface area contributed by atoms with Crippen LogP contribution < -0.4 is 0 Å².